The number of nitrogens with zero attached hydrogens (tertiary/aromatic N) is 6. The molecule has 0 saturated carbocycles. The van der Waals surface area contributed by atoms with Crippen molar-refractivity contribution in [3.63, 3.8) is 0 Å². The zero-order chi connectivity index (χ0) is 41.6. The highest BCUT2D eigenvalue weighted by molar-refractivity contribution is 9.10. The van der Waals surface area contributed by atoms with E-state index in [0.29, 0.717) is 63.2 Å². The smallest absolute Gasteiger partial charge is 0.462 e. The third-order valence-electron chi connectivity index (χ3n) is 7.74. The molecule has 0 saturated heterocycles. The number of allylic oxidation sites excluding steroid dienone is 2. The minimum Gasteiger partial charge on any atom is -0.462 e. The van der Waals surface area contributed by atoms with Crippen molar-refractivity contribution in [3.05, 3.63) is 123 Å². The normalized spacial score (nSPS) is 10.7. The van der Waals surface area contributed by atoms with E-state index in [2.05, 4.69) is 49.3 Å². The Kier molecular flexibility index (Phi) is 14.0. The number of esters is 2. The summed E-state index contributed by atoms with van der Waals surface area (Å²) in [6.45, 7) is 19.0. The number of halogens is 5. The van der Waals surface area contributed by atoms with E-state index in [1.54, 1.807) is 32.2 Å². The fourth-order valence-electron chi connectivity index (χ4n) is 5.47. The van der Waals surface area contributed by atoms with E-state index in [4.69, 9.17) is 19.5 Å². The molecule has 6 rings (SSSR count). The molecular weight excluding hydrogens is 803 g/mol. The van der Waals surface area contributed by atoms with Gasteiger partial charge in [0.2, 0.25) is 0 Å². The van der Waals surface area contributed by atoms with Gasteiger partial charge in [-0.05, 0) is 98.3 Å². The largest absolute Gasteiger partial charge is 0.488 e. The minimum atomic E-state index is -1.83. The highest BCUT2D eigenvalue weighted by Crippen LogP contribution is 2.31. The number of fused-ring (bicyclic) bond motifs is 2. The average Bonchev–Trinajstić information content (AvgIpc) is 3.60. The third kappa shape index (κ3) is 9.56. The van der Waals surface area contributed by atoms with Crippen molar-refractivity contribution in [2.45, 2.75) is 41.5 Å². The highest BCUT2D eigenvalue weighted by Gasteiger charge is 2.23. The first-order valence-corrected chi connectivity index (χ1v) is 17.6. The number of aromatic nitrogens is 6. The van der Waals surface area contributed by atoms with Crippen LogP contribution in [0.2, 0.25) is 0 Å². The SMILES string of the molecule is C=C(C)c1c(C(=O)OCC)cnn2c(-c3cc(F)cc(F)c3)c(C)nc12.C=C(C)c1c(C(=O)OCC)cnn2c(Br)c(C)nc12.OB(O)c1cc(F)cc(F)c1. The molecule has 0 amide bonds. The molecule has 6 aromatic rings. The van der Waals surface area contributed by atoms with Crippen LogP contribution in [0, 0.1) is 37.1 Å². The molecule has 0 bridgehead atoms. The number of hydrogen-bond donors (Lipinski definition) is 2. The summed E-state index contributed by atoms with van der Waals surface area (Å²) in [5.41, 5.74) is 5.98. The lowest BCUT2D eigenvalue weighted by Crippen LogP contribution is -2.30. The first-order chi connectivity index (χ1) is 26.4. The molecule has 4 aromatic heterocycles. The number of rotatable bonds is 8. The molecule has 0 radical (unpaired) electrons. The summed E-state index contributed by atoms with van der Waals surface area (Å²) in [5, 5.41) is 25.5. The van der Waals surface area contributed by atoms with Crippen LogP contribution in [-0.4, -0.2) is 71.5 Å². The Morgan fingerprint density at radius 3 is 1.57 bits per heavy atom. The molecular formula is C38H36BBrF4N6O6. The summed E-state index contributed by atoms with van der Waals surface area (Å²) in [6.07, 6.45) is 2.84. The maximum atomic E-state index is 13.6. The van der Waals surface area contributed by atoms with Crippen molar-refractivity contribution in [3.8, 4) is 11.3 Å². The van der Waals surface area contributed by atoms with E-state index in [9.17, 15) is 27.2 Å². The molecule has 0 spiro atoms. The molecule has 2 N–H and O–H groups in total. The lowest BCUT2D eigenvalue weighted by molar-refractivity contribution is 0.0515. The fraction of sp³-hybridized carbons (Fsp3) is 0.211. The third-order valence-corrected chi connectivity index (χ3v) is 8.65. The van der Waals surface area contributed by atoms with Crippen molar-refractivity contribution in [2.75, 3.05) is 13.2 Å². The van der Waals surface area contributed by atoms with Crippen LogP contribution in [0.4, 0.5) is 17.6 Å². The van der Waals surface area contributed by atoms with Crippen molar-refractivity contribution < 1.29 is 46.7 Å². The molecule has 292 valence electrons. The van der Waals surface area contributed by atoms with Crippen LogP contribution >= 0.6 is 15.9 Å². The van der Waals surface area contributed by atoms with E-state index in [1.807, 2.05) is 13.8 Å². The van der Waals surface area contributed by atoms with Gasteiger partial charge in [0.05, 0.1) is 53.8 Å². The van der Waals surface area contributed by atoms with Gasteiger partial charge in [-0.3, -0.25) is 0 Å². The molecule has 56 heavy (non-hydrogen) atoms. The standard InChI is InChI=1S/C19H17F2N3O2.C13H14BrN3O2.C6H5BF2O2/c1-5-26-19(25)15-9-22-24-17(12-6-13(20)8-14(21)7-12)11(4)23-18(24)16(15)10(2)3;1-5-19-13(18)9-6-15-17-11(14)8(4)16-12(17)10(9)7(2)3;8-5-1-4(7(10)11)2-6(9)3-5/h6-9H,2,5H2,1,3-4H3;6H,2,5H2,1,3-4H3;1-3,10-11H. The number of carbonyl (C=O) groups is 2. The van der Waals surface area contributed by atoms with Gasteiger partial charge >= 0.3 is 19.1 Å². The van der Waals surface area contributed by atoms with E-state index in [-0.39, 0.29) is 17.6 Å². The zero-order valence-corrected chi connectivity index (χ0v) is 32.7. The summed E-state index contributed by atoms with van der Waals surface area (Å²) in [6, 6.07) is 5.59. The first-order valence-electron chi connectivity index (χ1n) is 16.8. The van der Waals surface area contributed by atoms with Crippen molar-refractivity contribution >= 4 is 62.9 Å². The van der Waals surface area contributed by atoms with Crippen molar-refractivity contribution in [1.29, 1.82) is 0 Å². The summed E-state index contributed by atoms with van der Waals surface area (Å²) in [7, 11) is -1.83. The van der Waals surface area contributed by atoms with Gasteiger partial charge in [0.15, 0.2) is 11.3 Å². The molecule has 18 heteroatoms. The second-order valence-electron chi connectivity index (χ2n) is 12.1. The topological polar surface area (TPSA) is 153 Å². The second kappa shape index (κ2) is 18.3. The lowest BCUT2D eigenvalue weighted by atomic mass is 9.80. The average molecular weight is 839 g/mol. The van der Waals surface area contributed by atoms with Gasteiger partial charge in [-0.25, -0.2) is 46.1 Å². The molecule has 0 aliphatic carbocycles. The first kappa shape index (κ1) is 43.0. The number of carbonyl (C=O) groups excluding carboxylic acids is 2. The van der Waals surface area contributed by atoms with Crippen LogP contribution in [0.3, 0.4) is 0 Å². The predicted molar refractivity (Wildman–Crippen MR) is 206 cm³/mol. The molecule has 0 aliphatic rings. The van der Waals surface area contributed by atoms with Gasteiger partial charge in [0, 0.05) is 28.8 Å². The van der Waals surface area contributed by atoms with Crippen LogP contribution in [0.25, 0.3) is 33.7 Å². The second-order valence-corrected chi connectivity index (χ2v) is 12.9. The molecule has 4 heterocycles. The molecule has 2 aromatic carbocycles. The summed E-state index contributed by atoms with van der Waals surface area (Å²) >= 11 is 3.42. The Balaban J connectivity index is 0.000000203. The van der Waals surface area contributed by atoms with Gasteiger partial charge < -0.3 is 19.5 Å². The number of hydrogen-bond acceptors (Lipinski definition) is 10. The fourth-order valence-corrected chi connectivity index (χ4v) is 5.82. The zero-order valence-electron chi connectivity index (χ0n) is 31.1. The van der Waals surface area contributed by atoms with Crippen LogP contribution in [0.5, 0.6) is 0 Å². The van der Waals surface area contributed by atoms with E-state index < -0.39 is 42.3 Å². The maximum Gasteiger partial charge on any atom is 0.488 e. The number of ether oxygens (including phenoxy) is 2. The summed E-state index contributed by atoms with van der Waals surface area (Å²) in [5.74, 6) is -3.98. The Labute approximate surface area is 327 Å². The summed E-state index contributed by atoms with van der Waals surface area (Å²) < 4.78 is 65.9. The Morgan fingerprint density at radius 1 is 0.732 bits per heavy atom. The highest BCUT2D eigenvalue weighted by atomic mass is 79.9. The Hall–Kier alpha value is -5.72. The van der Waals surface area contributed by atoms with Crippen LogP contribution in [0.15, 0.2) is 66.6 Å². The number of aryl methyl sites for hydroxylation is 2. The molecule has 0 unspecified atom stereocenters. The van der Waals surface area contributed by atoms with Crippen molar-refractivity contribution in [2.24, 2.45) is 0 Å². The molecule has 0 aliphatic heterocycles. The number of benzene rings is 2. The van der Waals surface area contributed by atoms with Crippen LogP contribution < -0.4 is 5.46 Å². The quantitative estimate of drug-likeness (QED) is 0.0946. The monoisotopic (exact) mass is 838 g/mol. The van der Waals surface area contributed by atoms with Gasteiger partial charge in [0.1, 0.15) is 27.9 Å². The lowest BCUT2D eigenvalue weighted by Gasteiger charge is -2.10. The molecule has 0 atom stereocenters. The van der Waals surface area contributed by atoms with Crippen LogP contribution in [0.1, 0.15) is 70.9 Å². The predicted octanol–water partition coefficient (Wildman–Crippen LogP) is 6.85. The molecule has 12 nitrogen and oxygen atoms in total. The van der Waals surface area contributed by atoms with E-state index >= 15 is 0 Å². The van der Waals surface area contributed by atoms with Crippen LogP contribution in [-0.2, 0) is 9.47 Å². The maximum absolute atomic E-state index is 13.6. The van der Waals surface area contributed by atoms with Gasteiger partial charge in [-0.15, -0.1) is 0 Å². The van der Waals surface area contributed by atoms with Gasteiger partial charge in [0.25, 0.3) is 0 Å². The number of imidazole rings is 2. The van der Waals surface area contributed by atoms with E-state index in [1.165, 1.54) is 29.0 Å². The van der Waals surface area contributed by atoms with Gasteiger partial charge in [-0.2, -0.15) is 10.2 Å². The van der Waals surface area contributed by atoms with Crippen molar-refractivity contribution in [1.82, 2.24) is 29.2 Å². The Bertz CT molecular complexity index is 2450. The van der Waals surface area contributed by atoms with E-state index in [0.717, 1.165) is 34.1 Å². The Morgan fingerprint density at radius 2 is 1.14 bits per heavy atom. The minimum absolute atomic E-state index is 0.192. The molecule has 0 fully saturated rings. The van der Waals surface area contributed by atoms with Gasteiger partial charge in [-0.1, -0.05) is 13.2 Å². The summed E-state index contributed by atoms with van der Waals surface area (Å²) in [4.78, 5) is 33.1.